The van der Waals surface area contributed by atoms with Crippen LogP contribution in [0.1, 0.15) is 24.0 Å². The van der Waals surface area contributed by atoms with Crippen LogP contribution in [-0.4, -0.2) is 22.8 Å². The third kappa shape index (κ3) is 4.47. The summed E-state index contributed by atoms with van der Waals surface area (Å²) in [5.41, 5.74) is 1.46. The number of aromatic nitrogens is 2. The zero-order valence-electron chi connectivity index (χ0n) is 9.44. The maximum atomic E-state index is 11.8. The Bertz CT molecular complexity index is 373. The predicted molar refractivity (Wildman–Crippen MR) is 56.9 cm³/mol. The van der Waals surface area contributed by atoms with E-state index in [9.17, 15) is 13.2 Å². The number of alkyl halides is 3. The lowest BCUT2D eigenvalue weighted by atomic mass is 10.2. The monoisotopic (exact) mass is 268 g/mol. The van der Waals surface area contributed by atoms with Crippen molar-refractivity contribution in [2.24, 2.45) is 0 Å². The average molecular weight is 269 g/mol. The van der Waals surface area contributed by atoms with E-state index in [1.807, 2.05) is 6.92 Å². The van der Waals surface area contributed by atoms with Gasteiger partial charge in [0.05, 0.1) is 0 Å². The summed E-state index contributed by atoms with van der Waals surface area (Å²) < 4.78 is 40.0. The highest BCUT2D eigenvalue weighted by atomic mass is 35.5. The Labute approximate surface area is 102 Å². The largest absolute Gasteiger partial charge is 0.411 e. The Balaban J connectivity index is 2.67. The van der Waals surface area contributed by atoms with Crippen molar-refractivity contribution in [1.29, 1.82) is 0 Å². The molecule has 0 atom stereocenters. The molecule has 1 aromatic rings. The molecule has 0 unspecified atom stereocenters. The molecule has 0 N–H and O–H groups in total. The van der Waals surface area contributed by atoms with E-state index in [2.05, 4.69) is 14.7 Å². The van der Waals surface area contributed by atoms with Crippen molar-refractivity contribution >= 4 is 11.6 Å². The Hall–Kier alpha value is -0.880. The van der Waals surface area contributed by atoms with Crippen molar-refractivity contribution in [3.05, 3.63) is 22.2 Å². The molecular weight excluding hydrogens is 257 g/mol. The zero-order chi connectivity index (χ0) is 13.1. The number of halogens is 4. The zero-order valence-corrected chi connectivity index (χ0v) is 10.2. The van der Waals surface area contributed by atoms with Crippen LogP contribution in [0.4, 0.5) is 13.2 Å². The molecule has 0 amide bonds. The number of nitrogens with zero attached hydrogens (tertiary/aromatic N) is 2. The summed E-state index contributed by atoms with van der Waals surface area (Å²) in [7, 11) is 0. The summed E-state index contributed by atoms with van der Waals surface area (Å²) >= 11 is 5.87. The van der Waals surface area contributed by atoms with Gasteiger partial charge in [-0.2, -0.15) is 13.2 Å². The van der Waals surface area contributed by atoms with Gasteiger partial charge in [0.1, 0.15) is 18.4 Å². The minimum atomic E-state index is -4.35. The number of hydrogen-bond acceptors (Lipinski definition) is 3. The quantitative estimate of drug-likeness (QED) is 0.787. The van der Waals surface area contributed by atoms with E-state index < -0.39 is 12.8 Å². The number of hydrogen-bond donors (Lipinski definition) is 0. The van der Waals surface area contributed by atoms with Gasteiger partial charge >= 0.3 is 6.18 Å². The lowest BCUT2D eigenvalue weighted by molar-refractivity contribution is -0.177. The van der Waals surface area contributed by atoms with Gasteiger partial charge in [-0.1, -0.05) is 18.5 Å². The maximum Gasteiger partial charge on any atom is 0.411 e. The molecule has 1 heterocycles. The van der Waals surface area contributed by atoms with Crippen LogP contribution in [0.15, 0.2) is 0 Å². The van der Waals surface area contributed by atoms with Gasteiger partial charge in [0.2, 0.25) is 0 Å². The van der Waals surface area contributed by atoms with E-state index in [1.165, 1.54) is 0 Å². The first-order valence-electron chi connectivity index (χ1n) is 5.00. The van der Waals surface area contributed by atoms with Crippen LogP contribution in [0, 0.1) is 6.92 Å². The van der Waals surface area contributed by atoms with Crippen LogP contribution < -0.4 is 0 Å². The van der Waals surface area contributed by atoms with E-state index in [-0.39, 0.29) is 17.6 Å². The molecule has 0 saturated carbocycles. The van der Waals surface area contributed by atoms with Gasteiger partial charge in [0.25, 0.3) is 0 Å². The highest BCUT2D eigenvalue weighted by Crippen LogP contribution is 2.18. The summed E-state index contributed by atoms with van der Waals surface area (Å²) in [6.45, 7) is 2.02. The fourth-order valence-electron chi connectivity index (χ4n) is 1.34. The lowest BCUT2D eigenvalue weighted by Gasteiger charge is -2.09. The first kappa shape index (κ1) is 14.2. The molecule has 0 bridgehead atoms. The fourth-order valence-corrected chi connectivity index (χ4v) is 1.71. The van der Waals surface area contributed by atoms with Crippen LogP contribution in [-0.2, 0) is 17.8 Å². The molecule has 1 aromatic heterocycles. The maximum absolute atomic E-state index is 11.8. The predicted octanol–water partition coefficient (Wildman–Crippen LogP) is 3.08. The molecule has 1 rings (SSSR count). The molecule has 0 aliphatic carbocycles. The molecule has 0 aliphatic heterocycles. The molecule has 0 fully saturated rings. The second-order valence-corrected chi connectivity index (χ2v) is 3.81. The molecule has 7 heteroatoms. The minimum Gasteiger partial charge on any atom is -0.364 e. The van der Waals surface area contributed by atoms with Gasteiger partial charge in [0.15, 0.2) is 5.82 Å². The summed E-state index contributed by atoms with van der Waals surface area (Å²) in [4.78, 5) is 7.92. The van der Waals surface area contributed by atoms with Crippen LogP contribution in [0.2, 0.25) is 5.15 Å². The molecule has 96 valence electrons. The van der Waals surface area contributed by atoms with Gasteiger partial charge in [-0.05, 0) is 13.3 Å². The topological polar surface area (TPSA) is 35.0 Å². The van der Waals surface area contributed by atoms with E-state index >= 15 is 0 Å². The smallest absolute Gasteiger partial charge is 0.364 e. The van der Waals surface area contributed by atoms with Gasteiger partial charge in [0, 0.05) is 11.3 Å². The van der Waals surface area contributed by atoms with E-state index in [0.29, 0.717) is 12.1 Å². The van der Waals surface area contributed by atoms with Crippen LogP contribution >= 0.6 is 11.6 Å². The van der Waals surface area contributed by atoms with E-state index in [1.54, 1.807) is 6.92 Å². The summed E-state index contributed by atoms with van der Waals surface area (Å²) in [5, 5.41) is 0.269. The Morgan fingerprint density at radius 1 is 1.29 bits per heavy atom. The van der Waals surface area contributed by atoms with Crippen molar-refractivity contribution in [2.75, 3.05) is 6.61 Å². The fraction of sp³-hybridized carbons (Fsp3) is 0.600. The van der Waals surface area contributed by atoms with Crippen molar-refractivity contribution in [3.8, 4) is 0 Å². The Morgan fingerprint density at radius 2 is 1.94 bits per heavy atom. The van der Waals surface area contributed by atoms with Crippen LogP contribution in [0.3, 0.4) is 0 Å². The highest BCUT2D eigenvalue weighted by molar-refractivity contribution is 6.30. The second kappa shape index (κ2) is 5.64. The molecule has 0 spiro atoms. The summed E-state index contributed by atoms with van der Waals surface area (Å²) in [6, 6.07) is 0. The lowest BCUT2D eigenvalue weighted by Crippen LogP contribution is -2.17. The standard InChI is InChI=1S/C10H12ClF3N2O/c1-3-7-6(2)15-8(16-9(7)11)4-17-5-10(12,13)14/h3-5H2,1-2H3. The number of aryl methyl sites for hydroxylation is 1. The molecule has 3 nitrogen and oxygen atoms in total. The molecule has 0 aliphatic rings. The SMILES string of the molecule is CCc1c(C)nc(COCC(F)(F)F)nc1Cl. The highest BCUT2D eigenvalue weighted by Gasteiger charge is 2.27. The van der Waals surface area contributed by atoms with Crippen molar-refractivity contribution in [3.63, 3.8) is 0 Å². The second-order valence-electron chi connectivity index (χ2n) is 3.46. The minimum absolute atomic E-state index is 0.161. The van der Waals surface area contributed by atoms with Gasteiger partial charge in [-0.3, -0.25) is 0 Å². The summed E-state index contributed by atoms with van der Waals surface area (Å²) in [5.74, 6) is 0.161. The van der Waals surface area contributed by atoms with Crippen molar-refractivity contribution in [2.45, 2.75) is 33.1 Å². The third-order valence-electron chi connectivity index (χ3n) is 2.06. The summed E-state index contributed by atoms with van der Waals surface area (Å²) in [6.07, 6.45) is -3.67. The van der Waals surface area contributed by atoms with Crippen molar-refractivity contribution < 1.29 is 17.9 Å². The van der Waals surface area contributed by atoms with E-state index in [0.717, 1.165) is 5.56 Å². The molecule has 17 heavy (non-hydrogen) atoms. The Kier molecular flexibility index (Phi) is 4.70. The van der Waals surface area contributed by atoms with Gasteiger partial charge < -0.3 is 4.74 Å². The van der Waals surface area contributed by atoms with Crippen molar-refractivity contribution in [1.82, 2.24) is 9.97 Å². The third-order valence-corrected chi connectivity index (χ3v) is 2.37. The molecular formula is C10H12ClF3N2O. The Morgan fingerprint density at radius 3 is 2.41 bits per heavy atom. The van der Waals surface area contributed by atoms with Crippen LogP contribution in [0.25, 0.3) is 0 Å². The van der Waals surface area contributed by atoms with E-state index in [4.69, 9.17) is 11.6 Å². The molecule has 0 radical (unpaired) electrons. The van der Waals surface area contributed by atoms with Gasteiger partial charge in [-0.25, -0.2) is 9.97 Å². The number of ether oxygens (including phenoxy) is 1. The molecule has 0 saturated heterocycles. The first-order valence-corrected chi connectivity index (χ1v) is 5.37. The normalized spacial score (nSPS) is 11.9. The number of rotatable bonds is 4. The molecule has 0 aromatic carbocycles. The average Bonchev–Trinajstić information content (AvgIpc) is 2.15. The van der Waals surface area contributed by atoms with Gasteiger partial charge in [-0.15, -0.1) is 0 Å². The first-order chi connectivity index (χ1) is 7.83. The van der Waals surface area contributed by atoms with Crippen LogP contribution in [0.5, 0.6) is 0 Å².